The molecule has 1 aromatic carbocycles. The number of nitrogen functional groups attached to an aromatic ring is 1. The van der Waals surface area contributed by atoms with E-state index in [9.17, 15) is 0 Å². The van der Waals surface area contributed by atoms with Gasteiger partial charge in [0.15, 0.2) is 5.82 Å². The smallest absolute Gasteiger partial charge is 0.162 e. The first-order valence-electron chi connectivity index (χ1n) is 6.21. The molecule has 1 aliphatic heterocycles. The molecule has 19 heavy (non-hydrogen) atoms. The van der Waals surface area contributed by atoms with Crippen molar-refractivity contribution in [3.05, 3.63) is 40.6 Å². The minimum absolute atomic E-state index is 0.755. The Morgan fingerprint density at radius 1 is 1.21 bits per heavy atom. The van der Waals surface area contributed by atoms with Gasteiger partial charge >= 0.3 is 0 Å². The van der Waals surface area contributed by atoms with E-state index >= 15 is 0 Å². The zero-order chi connectivity index (χ0) is 13.4. The first-order valence-corrected chi connectivity index (χ1v) is 7.37. The number of nitrogens with two attached hydrogens (primary N) is 1. The summed E-state index contributed by atoms with van der Waals surface area (Å²) in [6.45, 7) is 4.20. The summed E-state index contributed by atoms with van der Waals surface area (Å²) >= 11 is 1.85. The molecule has 98 valence electrons. The fourth-order valence-electron chi connectivity index (χ4n) is 2.28. The molecule has 0 saturated heterocycles. The SMILES string of the molecule is Cc1cccc(-c2nc3c(c(NN)n2)CSC3)c1C. The Kier molecular flexibility index (Phi) is 3.16. The van der Waals surface area contributed by atoms with Crippen molar-refractivity contribution in [1.29, 1.82) is 0 Å². The molecule has 0 amide bonds. The summed E-state index contributed by atoms with van der Waals surface area (Å²) in [7, 11) is 0. The second-order valence-corrected chi connectivity index (χ2v) is 5.69. The van der Waals surface area contributed by atoms with Crippen LogP contribution in [0.3, 0.4) is 0 Å². The molecule has 2 heterocycles. The summed E-state index contributed by atoms with van der Waals surface area (Å²) in [4.78, 5) is 9.28. The number of rotatable bonds is 2. The van der Waals surface area contributed by atoms with Crippen molar-refractivity contribution in [3.8, 4) is 11.4 Å². The maximum atomic E-state index is 5.59. The molecule has 0 radical (unpaired) electrons. The molecule has 1 aromatic heterocycles. The fourth-order valence-corrected chi connectivity index (χ4v) is 3.33. The van der Waals surface area contributed by atoms with Crippen molar-refractivity contribution in [2.75, 3.05) is 5.43 Å². The van der Waals surface area contributed by atoms with Gasteiger partial charge in [0, 0.05) is 22.6 Å². The second kappa shape index (κ2) is 4.83. The maximum absolute atomic E-state index is 5.59. The number of thioether (sulfide) groups is 1. The lowest BCUT2D eigenvalue weighted by Gasteiger charge is -2.11. The van der Waals surface area contributed by atoms with Gasteiger partial charge in [-0.15, -0.1) is 0 Å². The third kappa shape index (κ3) is 2.09. The van der Waals surface area contributed by atoms with Crippen molar-refractivity contribution < 1.29 is 0 Å². The molecular formula is C14H16N4S. The molecule has 0 spiro atoms. The predicted octanol–water partition coefficient (Wildman–Crippen LogP) is 2.79. The summed E-state index contributed by atoms with van der Waals surface area (Å²) in [5.74, 6) is 8.97. The van der Waals surface area contributed by atoms with E-state index < -0.39 is 0 Å². The molecule has 5 heteroatoms. The molecule has 3 rings (SSSR count). The quantitative estimate of drug-likeness (QED) is 0.650. The summed E-state index contributed by atoms with van der Waals surface area (Å²) in [5, 5.41) is 0. The van der Waals surface area contributed by atoms with Crippen LogP contribution in [-0.4, -0.2) is 9.97 Å². The molecule has 0 fully saturated rings. The van der Waals surface area contributed by atoms with E-state index in [4.69, 9.17) is 10.8 Å². The largest absolute Gasteiger partial charge is 0.308 e. The molecule has 0 unspecified atom stereocenters. The van der Waals surface area contributed by atoms with Crippen LogP contribution in [0.15, 0.2) is 18.2 Å². The number of aromatic nitrogens is 2. The number of hydrogen-bond donors (Lipinski definition) is 2. The average Bonchev–Trinajstić information content (AvgIpc) is 2.89. The third-order valence-corrected chi connectivity index (χ3v) is 4.53. The molecule has 0 bridgehead atoms. The Morgan fingerprint density at radius 3 is 2.84 bits per heavy atom. The molecule has 2 aromatic rings. The molecule has 0 atom stereocenters. The van der Waals surface area contributed by atoms with Gasteiger partial charge in [0.1, 0.15) is 5.82 Å². The van der Waals surface area contributed by atoms with Gasteiger partial charge < -0.3 is 5.43 Å². The van der Waals surface area contributed by atoms with Gasteiger partial charge in [-0.25, -0.2) is 15.8 Å². The fraction of sp³-hybridized carbons (Fsp3) is 0.286. The van der Waals surface area contributed by atoms with Crippen molar-refractivity contribution in [1.82, 2.24) is 9.97 Å². The molecule has 4 nitrogen and oxygen atoms in total. The molecule has 0 saturated carbocycles. The Hall–Kier alpha value is -1.59. The van der Waals surface area contributed by atoms with Gasteiger partial charge in [0.2, 0.25) is 0 Å². The predicted molar refractivity (Wildman–Crippen MR) is 79.8 cm³/mol. The van der Waals surface area contributed by atoms with Crippen LogP contribution in [0.4, 0.5) is 5.82 Å². The molecule has 1 aliphatic rings. The van der Waals surface area contributed by atoms with Gasteiger partial charge in [0.05, 0.1) is 5.69 Å². The number of aryl methyl sites for hydroxylation is 1. The Morgan fingerprint density at radius 2 is 2.05 bits per heavy atom. The van der Waals surface area contributed by atoms with E-state index in [1.54, 1.807) is 0 Å². The minimum atomic E-state index is 0.755. The summed E-state index contributed by atoms with van der Waals surface area (Å²) in [5.41, 5.74) is 8.49. The van der Waals surface area contributed by atoms with Gasteiger partial charge in [-0.3, -0.25) is 0 Å². The van der Waals surface area contributed by atoms with Crippen LogP contribution in [0.1, 0.15) is 22.4 Å². The number of fused-ring (bicyclic) bond motifs is 1. The maximum Gasteiger partial charge on any atom is 0.162 e. The lowest BCUT2D eigenvalue weighted by Crippen LogP contribution is -2.13. The first kappa shape index (κ1) is 12.4. The van der Waals surface area contributed by atoms with Gasteiger partial charge in [-0.2, -0.15) is 11.8 Å². The van der Waals surface area contributed by atoms with E-state index in [0.717, 1.165) is 40.0 Å². The average molecular weight is 272 g/mol. The van der Waals surface area contributed by atoms with E-state index in [0.29, 0.717) is 0 Å². The minimum Gasteiger partial charge on any atom is -0.308 e. The topological polar surface area (TPSA) is 63.8 Å². The highest BCUT2D eigenvalue weighted by Gasteiger charge is 2.20. The van der Waals surface area contributed by atoms with E-state index in [-0.39, 0.29) is 0 Å². The standard InChI is InChI=1S/C14H16N4S/c1-8-4-3-5-10(9(8)2)13-16-12-7-19-6-11(12)14(17-13)18-15/h3-5H,6-7,15H2,1-2H3,(H,16,17,18). The summed E-state index contributed by atoms with van der Waals surface area (Å²) in [6.07, 6.45) is 0. The Labute approximate surface area is 116 Å². The third-order valence-electron chi connectivity index (χ3n) is 3.56. The van der Waals surface area contributed by atoms with Crippen molar-refractivity contribution in [2.24, 2.45) is 5.84 Å². The van der Waals surface area contributed by atoms with Crippen LogP contribution in [-0.2, 0) is 11.5 Å². The number of hydrogen-bond acceptors (Lipinski definition) is 5. The normalized spacial score (nSPS) is 13.4. The second-order valence-electron chi connectivity index (χ2n) is 4.71. The van der Waals surface area contributed by atoms with Crippen LogP contribution in [0.5, 0.6) is 0 Å². The number of nitrogens with one attached hydrogen (secondary N) is 1. The summed E-state index contributed by atoms with van der Waals surface area (Å²) < 4.78 is 0. The van der Waals surface area contributed by atoms with Crippen LogP contribution in [0.2, 0.25) is 0 Å². The number of benzene rings is 1. The van der Waals surface area contributed by atoms with Crippen LogP contribution in [0.25, 0.3) is 11.4 Å². The van der Waals surface area contributed by atoms with Crippen molar-refractivity contribution in [2.45, 2.75) is 25.4 Å². The Bertz CT molecular complexity index is 640. The van der Waals surface area contributed by atoms with Gasteiger partial charge in [0.25, 0.3) is 0 Å². The molecule has 3 N–H and O–H groups in total. The highest BCUT2D eigenvalue weighted by Crippen LogP contribution is 2.34. The zero-order valence-corrected chi connectivity index (χ0v) is 11.8. The number of anilines is 1. The van der Waals surface area contributed by atoms with Crippen molar-refractivity contribution >= 4 is 17.6 Å². The lowest BCUT2D eigenvalue weighted by molar-refractivity contribution is 1.06. The Balaban J connectivity index is 2.18. The van der Waals surface area contributed by atoms with Crippen LogP contribution >= 0.6 is 11.8 Å². The van der Waals surface area contributed by atoms with E-state index in [1.807, 2.05) is 17.8 Å². The van der Waals surface area contributed by atoms with Crippen LogP contribution in [0, 0.1) is 13.8 Å². The number of hydrazine groups is 1. The van der Waals surface area contributed by atoms with Crippen molar-refractivity contribution in [3.63, 3.8) is 0 Å². The van der Waals surface area contributed by atoms with E-state index in [1.165, 1.54) is 11.1 Å². The highest BCUT2D eigenvalue weighted by atomic mass is 32.2. The van der Waals surface area contributed by atoms with E-state index in [2.05, 4.69) is 36.4 Å². The lowest BCUT2D eigenvalue weighted by atomic mass is 10.0. The highest BCUT2D eigenvalue weighted by molar-refractivity contribution is 7.98. The monoisotopic (exact) mass is 272 g/mol. The molecular weight excluding hydrogens is 256 g/mol. The zero-order valence-electron chi connectivity index (χ0n) is 11.0. The van der Waals surface area contributed by atoms with Gasteiger partial charge in [-0.1, -0.05) is 18.2 Å². The number of nitrogens with zero attached hydrogens (tertiary/aromatic N) is 2. The summed E-state index contributed by atoms with van der Waals surface area (Å²) in [6, 6.07) is 6.20. The first-order chi connectivity index (χ1) is 9.20. The van der Waals surface area contributed by atoms with Crippen LogP contribution < -0.4 is 11.3 Å². The molecule has 0 aliphatic carbocycles. The van der Waals surface area contributed by atoms with Gasteiger partial charge in [-0.05, 0) is 25.0 Å².